The van der Waals surface area contributed by atoms with Gasteiger partial charge in [-0.25, -0.2) is 9.97 Å². The van der Waals surface area contributed by atoms with Crippen molar-refractivity contribution in [3.05, 3.63) is 48.4 Å². The van der Waals surface area contributed by atoms with Crippen molar-refractivity contribution in [3.63, 3.8) is 0 Å². The van der Waals surface area contributed by atoms with Crippen LogP contribution in [0.3, 0.4) is 0 Å². The largest absolute Gasteiger partial charge is 0.383 e. The number of hydrogen-bond donors (Lipinski definition) is 2. The van der Waals surface area contributed by atoms with Gasteiger partial charge in [0.1, 0.15) is 17.3 Å². The van der Waals surface area contributed by atoms with Gasteiger partial charge >= 0.3 is 0 Å². The second kappa shape index (κ2) is 10.8. The van der Waals surface area contributed by atoms with Crippen LogP contribution in [0.25, 0.3) is 5.95 Å². The first-order valence-electron chi connectivity index (χ1n) is 10.1. The molecule has 2 aromatic heterocycles. The van der Waals surface area contributed by atoms with E-state index in [1.54, 1.807) is 18.5 Å². The SMILES string of the molecule is CN(C)c1ccc(N=Nc2c(C#N)cnn2-c2ncccn2)c(NCCCCCN)c1. The highest BCUT2D eigenvalue weighted by Gasteiger charge is 2.14. The molecule has 10 nitrogen and oxygen atoms in total. The van der Waals surface area contributed by atoms with Crippen molar-refractivity contribution >= 4 is 22.9 Å². The van der Waals surface area contributed by atoms with E-state index in [4.69, 9.17) is 5.73 Å². The van der Waals surface area contributed by atoms with E-state index in [2.05, 4.69) is 36.7 Å². The Morgan fingerprint density at radius 2 is 1.97 bits per heavy atom. The summed E-state index contributed by atoms with van der Waals surface area (Å²) in [6.45, 7) is 1.51. The predicted molar refractivity (Wildman–Crippen MR) is 120 cm³/mol. The molecule has 0 amide bonds. The van der Waals surface area contributed by atoms with Gasteiger partial charge in [-0.1, -0.05) is 6.42 Å². The number of benzene rings is 1. The van der Waals surface area contributed by atoms with Crippen LogP contribution in [0.2, 0.25) is 0 Å². The molecular weight excluding hydrogens is 392 g/mol. The van der Waals surface area contributed by atoms with Crippen molar-refractivity contribution < 1.29 is 0 Å². The lowest BCUT2D eigenvalue weighted by molar-refractivity contribution is 0.707. The van der Waals surface area contributed by atoms with Crippen LogP contribution in [0.4, 0.5) is 22.9 Å². The molecule has 3 N–H and O–H groups in total. The first-order chi connectivity index (χ1) is 15.1. The quantitative estimate of drug-likeness (QED) is 0.380. The lowest BCUT2D eigenvalue weighted by atomic mass is 10.2. The molecule has 31 heavy (non-hydrogen) atoms. The lowest BCUT2D eigenvalue weighted by Crippen LogP contribution is -2.09. The Morgan fingerprint density at radius 1 is 1.16 bits per heavy atom. The van der Waals surface area contributed by atoms with Crippen LogP contribution in [-0.2, 0) is 0 Å². The number of nitriles is 1. The van der Waals surface area contributed by atoms with E-state index in [9.17, 15) is 5.26 Å². The maximum absolute atomic E-state index is 9.44. The van der Waals surface area contributed by atoms with E-state index >= 15 is 0 Å². The summed E-state index contributed by atoms with van der Waals surface area (Å²) in [7, 11) is 3.97. The van der Waals surface area contributed by atoms with Crippen LogP contribution in [0, 0.1) is 11.3 Å². The third-order valence-corrected chi connectivity index (χ3v) is 4.55. The highest BCUT2D eigenvalue weighted by atomic mass is 15.4. The Labute approximate surface area is 181 Å². The van der Waals surface area contributed by atoms with Gasteiger partial charge in [-0.2, -0.15) is 15.0 Å². The maximum atomic E-state index is 9.44. The first kappa shape index (κ1) is 21.9. The van der Waals surface area contributed by atoms with E-state index in [-0.39, 0.29) is 11.4 Å². The first-order valence-corrected chi connectivity index (χ1v) is 10.1. The summed E-state index contributed by atoms with van der Waals surface area (Å²) in [6, 6.07) is 9.69. The van der Waals surface area contributed by atoms with Crippen LogP contribution in [-0.4, -0.2) is 46.9 Å². The van der Waals surface area contributed by atoms with E-state index in [1.165, 1.54) is 10.9 Å². The highest BCUT2D eigenvalue weighted by Crippen LogP contribution is 2.32. The number of nitrogens with zero attached hydrogens (tertiary/aromatic N) is 8. The van der Waals surface area contributed by atoms with Crippen LogP contribution < -0.4 is 16.0 Å². The molecule has 10 heteroatoms. The van der Waals surface area contributed by atoms with Gasteiger partial charge < -0.3 is 16.0 Å². The van der Waals surface area contributed by atoms with Gasteiger partial charge in [-0.05, 0) is 43.7 Å². The minimum absolute atomic E-state index is 0.277. The van der Waals surface area contributed by atoms with E-state index in [0.29, 0.717) is 18.2 Å². The van der Waals surface area contributed by atoms with Crippen molar-refractivity contribution in [1.29, 1.82) is 5.26 Å². The fraction of sp³-hybridized carbons (Fsp3) is 0.333. The van der Waals surface area contributed by atoms with Gasteiger partial charge in [-0.15, -0.1) is 10.2 Å². The molecule has 0 aliphatic rings. The third-order valence-electron chi connectivity index (χ3n) is 4.55. The van der Waals surface area contributed by atoms with Crippen molar-refractivity contribution in [2.75, 3.05) is 37.4 Å². The summed E-state index contributed by atoms with van der Waals surface area (Å²) in [4.78, 5) is 10.4. The van der Waals surface area contributed by atoms with Crippen molar-refractivity contribution in [2.24, 2.45) is 16.0 Å². The number of nitrogens with two attached hydrogens (primary N) is 1. The van der Waals surface area contributed by atoms with Gasteiger partial charge in [0, 0.05) is 38.7 Å². The predicted octanol–water partition coefficient (Wildman–Crippen LogP) is 3.56. The van der Waals surface area contributed by atoms with Crippen molar-refractivity contribution in [2.45, 2.75) is 19.3 Å². The molecule has 0 unspecified atom stereocenters. The number of hydrogen-bond acceptors (Lipinski definition) is 9. The molecule has 0 aliphatic heterocycles. The number of unbranched alkanes of at least 4 members (excludes halogenated alkanes) is 2. The molecule has 160 valence electrons. The summed E-state index contributed by atoms with van der Waals surface area (Å²) >= 11 is 0. The summed E-state index contributed by atoms with van der Waals surface area (Å²) < 4.78 is 1.40. The lowest BCUT2D eigenvalue weighted by Gasteiger charge is -2.16. The summed E-state index contributed by atoms with van der Waals surface area (Å²) in [5.74, 6) is 0.596. The topological polar surface area (TPSA) is 133 Å². The van der Waals surface area contributed by atoms with Crippen LogP contribution >= 0.6 is 0 Å². The molecule has 0 aliphatic carbocycles. The van der Waals surface area contributed by atoms with Gasteiger partial charge in [-0.3, -0.25) is 0 Å². The number of azo groups is 1. The molecular formula is C21H26N10. The zero-order valence-corrected chi connectivity index (χ0v) is 17.7. The van der Waals surface area contributed by atoms with Gasteiger partial charge in [0.2, 0.25) is 0 Å². The molecule has 0 spiro atoms. The van der Waals surface area contributed by atoms with E-state index in [1.807, 2.05) is 37.2 Å². The summed E-state index contributed by atoms with van der Waals surface area (Å²) in [5.41, 5.74) is 8.43. The van der Waals surface area contributed by atoms with Crippen molar-refractivity contribution in [3.8, 4) is 12.0 Å². The molecule has 0 bridgehead atoms. The fourth-order valence-electron chi connectivity index (χ4n) is 2.87. The second-order valence-electron chi connectivity index (χ2n) is 7.03. The standard InChI is InChI=1S/C21H26N10/c1-30(2)17-7-8-18(19(13-17)24-10-5-3-4-9-22)28-29-20-16(14-23)15-27-31(20)21-25-11-6-12-26-21/h6-8,11-13,15,24H,3-5,9-10,22H2,1-2H3. The van der Waals surface area contributed by atoms with Gasteiger partial charge in [0.25, 0.3) is 5.95 Å². The number of rotatable bonds is 10. The fourth-order valence-corrected chi connectivity index (χ4v) is 2.87. The number of nitrogens with one attached hydrogen (secondary N) is 1. The highest BCUT2D eigenvalue weighted by molar-refractivity contribution is 5.71. The molecule has 0 radical (unpaired) electrons. The van der Waals surface area contributed by atoms with Gasteiger partial charge in [0.15, 0.2) is 5.82 Å². The minimum Gasteiger partial charge on any atom is -0.383 e. The zero-order valence-electron chi connectivity index (χ0n) is 17.7. The molecule has 3 aromatic rings. The van der Waals surface area contributed by atoms with Crippen LogP contribution in [0.1, 0.15) is 24.8 Å². The summed E-state index contributed by atoms with van der Waals surface area (Å²) in [6.07, 6.45) is 7.71. The monoisotopic (exact) mass is 418 g/mol. The number of anilines is 2. The average Bonchev–Trinajstić information content (AvgIpc) is 3.21. The molecule has 0 atom stereocenters. The second-order valence-corrected chi connectivity index (χ2v) is 7.03. The van der Waals surface area contributed by atoms with E-state index < -0.39 is 0 Å². The maximum Gasteiger partial charge on any atom is 0.252 e. The smallest absolute Gasteiger partial charge is 0.252 e. The molecule has 3 rings (SSSR count). The van der Waals surface area contributed by atoms with E-state index in [0.717, 1.165) is 37.2 Å². The summed E-state index contributed by atoms with van der Waals surface area (Å²) in [5, 5.41) is 25.8. The van der Waals surface area contributed by atoms with Crippen LogP contribution in [0.5, 0.6) is 0 Å². The molecule has 0 saturated carbocycles. The zero-order chi connectivity index (χ0) is 22.1. The number of aromatic nitrogens is 4. The Morgan fingerprint density at radius 3 is 2.68 bits per heavy atom. The molecule has 0 saturated heterocycles. The van der Waals surface area contributed by atoms with Gasteiger partial charge in [0.05, 0.1) is 11.9 Å². The third kappa shape index (κ3) is 5.61. The Balaban J connectivity index is 1.89. The normalized spacial score (nSPS) is 10.9. The molecule has 1 aromatic carbocycles. The van der Waals surface area contributed by atoms with Crippen LogP contribution in [0.15, 0.2) is 53.1 Å². The van der Waals surface area contributed by atoms with Crippen molar-refractivity contribution in [1.82, 2.24) is 19.7 Å². The molecule has 0 fully saturated rings. The Bertz CT molecular complexity index is 1050. The molecule has 2 heterocycles. The minimum atomic E-state index is 0.277. The average molecular weight is 419 g/mol. The Hall–Kier alpha value is -3.84. The Kier molecular flexibility index (Phi) is 7.61.